The van der Waals surface area contributed by atoms with Gasteiger partial charge in [-0.3, -0.25) is 4.79 Å². The van der Waals surface area contributed by atoms with Gasteiger partial charge in [-0.15, -0.1) is 0 Å². The Morgan fingerprint density at radius 2 is 2.10 bits per heavy atom. The Morgan fingerprint density at radius 1 is 1.45 bits per heavy atom. The second kappa shape index (κ2) is 5.49. The fourth-order valence-corrected chi connectivity index (χ4v) is 3.73. The van der Waals surface area contributed by atoms with Crippen LogP contribution in [0.4, 0.5) is 4.39 Å². The highest BCUT2D eigenvalue weighted by Crippen LogP contribution is 2.30. The van der Waals surface area contributed by atoms with E-state index in [9.17, 15) is 17.6 Å². The highest BCUT2D eigenvalue weighted by molar-refractivity contribution is 7.89. The first kappa shape index (κ1) is 14.9. The van der Waals surface area contributed by atoms with Crippen LogP contribution in [0.1, 0.15) is 24.8 Å². The number of nitrogens with zero attached hydrogens (tertiary/aromatic N) is 1. The van der Waals surface area contributed by atoms with Crippen LogP contribution in [0.25, 0.3) is 0 Å². The second-order valence-electron chi connectivity index (χ2n) is 4.94. The fourth-order valence-electron chi connectivity index (χ4n) is 2.09. The number of carbonyl (C=O) groups is 1. The van der Waals surface area contributed by atoms with Crippen molar-refractivity contribution < 1.29 is 22.7 Å². The molecule has 110 valence electrons. The lowest BCUT2D eigenvalue weighted by atomic mass is 9.93. The molecule has 1 aliphatic carbocycles. The number of halogens is 1. The Bertz CT molecular complexity index is 625. The van der Waals surface area contributed by atoms with Crippen LogP contribution in [-0.4, -0.2) is 36.4 Å². The largest absolute Gasteiger partial charge is 0.480 e. The molecular formula is C13H16FNO4S. The maximum atomic E-state index is 13.5. The van der Waals surface area contributed by atoms with Gasteiger partial charge in [0.25, 0.3) is 0 Å². The quantitative estimate of drug-likeness (QED) is 0.899. The van der Waals surface area contributed by atoms with Crippen molar-refractivity contribution in [1.29, 1.82) is 0 Å². The minimum Gasteiger partial charge on any atom is -0.480 e. The van der Waals surface area contributed by atoms with Gasteiger partial charge in [-0.05, 0) is 37.5 Å². The zero-order valence-corrected chi connectivity index (χ0v) is 11.9. The van der Waals surface area contributed by atoms with Gasteiger partial charge in [0.15, 0.2) is 0 Å². The average Bonchev–Trinajstić information content (AvgIpc) is 2.29. The summed E-state index contributed by atoms with van der Waals surface area (Å²) in [6.45, 7) is 0.940. The number of carboxylic acid groups (broad SMARTS) is 1. The molecule has 0 amide bonds. The second-order valence-corrected chi connectivity index (χ2v) is 6.83. The van der Waals surface area contributed by atoms with E-state index in [1.54, 1.807) is 0 Å². The van der Waals surface area contributed by atoms with Crippen molar-refractivity contribution in [3.63, 3.8) is 0 Å². The van der Waals surface area contributed by atoms with Crippen LogP contribution in [0, 0.1) is 12.7 Å². The van der Waals surface area contributed by atoms with Gasteiger partial charge in [-0.1, -0.05) is 12.5 Å². The van der Waals surface area contributed by atoms with Crippen molar-refractivity contribution in [3.8, 4) is 0 Å². The molecule has 7 heteroatoms. The van der Waals surface area contributed by atoms with Gasteiger partial charge in [-0.25, -0.2) is 12.8 Å². The van der Waals surface area contributed by atoms with Gasteiger partial charge >= 0.3 is 5.97 Å². The van der Waals surface area contributed by atoms with Crippen LogP contribution < -0.4 is 0 Å². The number of aryl methyl sites for hydroxylation is 1. The number of benzene rings is 1. The monoisotopic (exact) mass is 301 g/mol. The molecule has 5 nitrogen and oxygen atoms in total. The first-order valence-corrected chi connectivity index (χ1v) is 7.76. The Kier molecular flexibility index (Phi) is 4.10. The van der Waals surface area contributed by atoms with E-state index < -0.39 is 28.4 Å². The van der Waals surface area contributed by atoms with Gasteiger partial charge in [0, 0.05) is 6.04 Å². The van der Waals surface area contributed by atoms with Crippen LogP contribution in [-0.2, 0) is 14.8 Å². The van der Waals surface area contributed by atoms with E-state index in [1.807, 2.05) is 0 Å². The summed E-state index contributed by atoms with van der Waals surface area (Å²) in [5, 5.41) is 8.88. The predicted octanol–water partition coefficient (Wildman–Crippen LogP) is 1.76. The molecule has 0 unspecified atom stereocenters. The van der Waals surface area contributed by atoms with E-state index in [0.29, 0.717) is 18.4 Å². The smallest absolute Gasteiger partial charge is 0.318 e. The molecule has 0 aliphatic heterocycles. The molecule has 1 fully saturated rings. The molecule has 0 saturated heterocycles. The maximum absolute atomic E-state index is 13.5. The molecule has 1 N–H and O–H groups in total. The summed E-state index contributed by atoms with van der Waals surface area (Å²) in [7, 11) is -3.98. The summed E-state index contributed by atoms with van der Waals surface area (Å²) in [6.07, 6.45) is 2.15. The third-order valence-electron chi connectivity index (χ3n) is 3.52. The Hall–Kier alpha value is -1.47. The van der Waals surface area contributed by atoms with Gasteiger partial charge < -0.3 is 5.11 Å². The van der Waals surface area contributed by atoms with E-state index in [0.717, 1.165) is 16.8 Å². The van der Waals surface area contributed by atoms with Crippen molar-refractivity contribution >= 4 is 16.0 Å². The first-order chi connectivity index (χ1) is 9.32. The summed E-state index contributed by atoms with van der Waals surface area (Å²) in [6, 6.07) is 3.32. The molecule has 0 bridgehead atoms. The molecule has 1 aliphatic rings. The molecule has 0 radical (unpaired) electrons. The average molecular weight is 301 g/mol. The van der Waals surface area contributed by atoms with Crippen molar-refractivity contribution in [1.82, 2.24) is 4.31 Å². The summed E-state index contributed by atoms with van der Waals surface area (Å²) >= 11 is 0. The van der Waals surface area contributed by atoms with Crippen LogP contribution >= 0.6 is 0 Å². The number of aliphatic carboxylic acids is 1. The first-order valence-electron chi connectivity index (χ1n) is 6.32. The maximum Gasteiger partial charge on any atom is 0.318 e. The zero-order chi connectivity index (χ0) is 14.9. The van der Waals surface area contributed by atoms with E-state index in [1.165, 1.54) is 19.1 Å². The minimum absolute atomic E-state index is 0.200. The lowest BCUT2D eigenvalue weighted by molar-refractivity contribution is -0.137. The van der Waals surface area contributed by atoms with E-state index >= 15 is 0 Å². The lowest BCUT2D eigenvalue weighted by Gasteiger charge is -2.35. The topological polar surface area (TPSA) is 74.7 Å². The van der Waals surface area contributed by atoms with Crippen molar-refractivity contribution in [2.75, 3.05) is 6.54 Å². The number of rotatable bonds is 5. The van der Waals surface area contributed by atoms with Crippen LogP contribution in [0.2, 0.25) is 0 Å². The minimum atomic E-state index is -3.98. The molecule has 20 heavy (non-hydrogen) atoms. The number of hydrogen-bond acceptors (Lipinski definition) is 3. The van der Waals surface area contributed by atoms with E-state index in [-0.39, 0.29) is 10.9 Å². The SMILES string of the molecule is Cc1ccc(S(=O)(=O)N(CC(=O)O)C2CCC2)cc1F. The van der Waals surface area contributed by atoms with Crippen molar-refractivity contribution in [3.05, 3.63) is 29.6 Å². The molecular weight excluding hydrogens is 285 g/mol. The van der Waals surface area contributed by atoms with Crippen LogP contribution in [0.5, 0.6) is 0 Å². The summed E-state index contributed by atoms with van der Waals surface area (Å²) in [5.41, 5.74) is 0.345. The molecule has 0 spiro atoms. The molecule has 1 aromatic carbocycles. The summed E-state index contributed by atoms with van der Waals surface area (Å²) in [5.74, 6) is -1.83. The standard InChI is InChI=1S/C13H16FNO4S/c1-9-5-6-11(7-12(9)14)20(18,19)15(8-13(16)17)10-3-2-4-10/h5-7,10H,2-4,8H2,1H3,(H,16,17). The lowest BCUT2D eigenvalue weighted by Crippen LogP contribution is -2.46. The van der Waals surface area contributed by atoms with Crippen LogP contribution in [0.3, 0.4) is 0 Å². The van der Waals surface area contributed by atoms with E-state index in [2.05, 4.69) is 0 Å². The number of carboxylic acids is 1. The Labute approximate surface area is 117 Å². The highest BCUT2D eigenvalue weighted by Gasteiger charge is 2.36. The Morgan fingerprint density at radius 3 is 2.55 bits per heavy atom. The van der Waals surface area contributed by atoms with Gasteiger partial charge in [0.2, 0.25) is 10.0 Å². The van der Waals surface area contributed by atoms with E-state index in [4.69, 9.17) is 5.11 Å². The molecule has 1 saturated carbocycles. The molecule has 2 rings (SSSR count). The van der Waals surface area contributed by atoms with Gasteiger partial charge in [-0.2, -0.15) is 4.31 Å². The normalized spacial score (nSPS) is 16.1. The zero-order valence-electron chi connectivity index (χ0n) is 11.0. The third kappa shape index (κ3) is 2.83. The summed E-state index contributed by atoms with van der Waals surface area (Å²) in [4.78, 5) is 10.7. The van der Waals surface area contributed by atoms with Gasteiger partial charge in [0.1, 0.15) is 12.4 Å². The van der Waals surface area contributed by atoms with Crippen LogP contribution in [0.15, 0.2) is 23.1 Å². The summed E-state index contributed by atoms with van der Waals surface area (Å²) < 4.78 is 39.4. The van der Waals surface area contributed by atoms with Crippen molar-refractivity contribution in [2.45, 2.75) is 37.1 Å². The predicted molar refractivity (Wildman–Crippen MR) is 70.3 cm³/mol. The highest BCUT2D eigenvalue weighted by atomic mass is 32.2. The number of sulfonamides is 1. The molecule has 0 aromatic heterocycles. The Balaban J connectivity index is 2.38. The van der Waals surface area contributed by atoms with Gasteiger partial charge in [0.05, 0.1) is 4.90 Å². The molecule has 0 atom stereocenters. The number of hydrogen-bond donors (Lipinski definition) is 1. The fraction of sp³-hybridized carbons (Fsp3) is 0.462. The molecule has 0 heterocycles. The third-order valence-corrected chi connectivity index (χ3v) is 5.42. The molecule has 1 aromatic rings. The van der Waals surface area contributed by atoms with Crippen molar-refractivity contribution in [2.24, 2.45) is 0 Å².